The second-order valence-corrected chi connectivity index (χ2v) is 5.11. The Labute approximate surface area is 117 Å². The molecule has 1 fully saturated rings. The summed E-state index contributed by atoms with van der Waals surface area (Å²) >= 11 is 0. The van der Waals surface area contributed by atoms with Crippen LogP contribution in [0.15, 0.2) is 11.6 Å². The normalized spacial score (nSPS) is 18.6. The smallest absolute Gasteiger partial charge is 0.333 e. The summed E-state index contributed by atoms with van der Waals surface area (Å²) in [6.07, 6.45) is 5.24. The third-order valence-corrected chi connectivity index (χ3v) is 3.91. The van der Waals surface area contributed by atoms with Crippen molar-refractivity contribution in [1.82, 2.24) is 10.2 Å². The maximum atomic E-state index is 11.4. The molecule has 4 heteroatoms. The summed E-state index contributed by atoms with van der Waals surface area (Å²) in [5.41, 5.74) is 0.760. The van der Waals surface area contributed by atoms with E-state index in [4.69, 9.17) is 4.74 Å². The van der Waals surface area contributed by atoms with E-state index in [0.29, 0.717) is 0 Å². The largest absolute Gasteiger partial charge is 0.466 e. The van der Waals surface area contributed by atoms with Crippen LogP contribution < -0.4 is 5.32 Å². The molecule has 0 atom stereocenters. The second-order valence-electron chi connectivity index (χ2n) is 5.11. The van der Waals surface area contributed by atoms with Crippen LogP contribution in [0.5, 0.6) is 0 Å². The van der Waals surface area contributed by atoms with E-state index in [9.17, 15) is 4.79 Å². The highest BCUT2D eigenvalue weighted by Crippen LogP contribution is 2.15. The SMILES string of the molecule is CC/C(=C/CNCC1CCN(CC)CC1)C(=O)OC. The molecule has 0 unspecified atom stereocenters. The summed E-state index contributed by atoms with van der Waals surface area (Å²) in [7, 11) is 1.43. The van der Waals surface area contributed by atoms with E-state index in [1.807, 2.05) is 13.0 Å². The molecule has 1 heterocycles. The van der Waals surface area contributed by atoms with E-state index >= 15 is 0 Å². The summed E-state index contributed by atoms with van der Waals surface area (Å²) in [6, 6.07) is 0. The zero-order chi connectivity index (χ0) is 14.1. The first-order valence-electron chi connectivity index (χ1n) is 7.41. The van der Waals surface area contributed by atoms with Gasteiger partial charge in [-0.15, -0.1) is 0 Å². The first-order chi connectivity index (χ1) is 9.21. The monoisotopic (exact) mass is 268 g/mol. The van der Waals surface area contributed by atoms with E-state index in [1.165, 1.54) is 39.6 Å². The van der Waals surface area contributed by atoms with Gasteiger partial charge in [-0.25, -0.2) is 4.79 Å². The third-order valence-electron chi connectivity index (χ3n) is 3.91. The van der Waals surface area contributed by atoms with Crippen molar-refractivity contribution in [3.8, 4) is 0 Å². The number of nitrogens with zero attached hydrogens (tertiary/aromatic N) is 1. The van der Waals surface area contributed by atoms with E-state index in [0.717, 1.165) is 31.0 Å². The van der Waals surface area contributed by atoms with Crippen LogP contribution in [0.2, 0.25) is 0 Å². The van der Waals surface area contributed by atoms with Gasteiger partial charge in [0.15, 0.2) is 0 Å². The Morgan fingerprint density at radius 3 is 2.58 bits per heavy atom. The zero-order valence-corrected chi connectivity index (χ0v) is 12.6. The van der Waals surface area contributed by atoms with Gasteiger partial charge in [0.25, 0.3) is 0 Å². The number of nitrogens with one attached hydrogen (secondary N) is 1. The number of rotatable bonds is 7. The fourth-order valence-corrected chi connectivity index (χ4v) is 2.49. The lowest BCUT2D eigenvalue weighted by atomic mass is 9.97. The van der Waals surface area contributed by atoms with Gasteiger partial charge in [0.05, 0.1) is 7.11 Å². The predicted molar refractivity (Wildman–Crippen MR) is 78.1 cm³/mol. The molecule has 0 aromatic heterocycles. The molecule has 110 valence electrons. The minimum absolute atomic E-state index is 0.208. The molecule has 0 aliphatic carbocycles. The number of hydrogen-bond acceptors (Lipinski definition) is 4. The molecule has 0 amide bonds. The number of esters is 1. The standard InChI is InChI=1S/C15H28N2O2/c1-4-14(15(18)19-3)6-9-16-12-13-7-10-17(5-2)11-8-13/h6,13,16H,4-5,7-12H2,1-3H3/b14-6-. The zero-order valence-electron chi connectivity index (χ0n) is 12.6. The van der Waals surface area contributed by atoms with Gasteiger partial charge < -0.3 is 15.0 Å². The van der Waals surface area contributed by atoms with E-state index in [-0.39, 0.29) is 5.97 Å². The number of methoxy groups -OCH3 is 1. The first kappa shape index (κ1) is 16.2. The van der Waals surface area contributed by atoms with Crippen molar-refractivity contribution in [1.29, 1.82) is 0 Å². The van der Waals surface area contributed by atoms with Crippen molar-refractivity contribution < 1.29 is 9.53 Å². The lowest BCUT2D eigenvalue weighted by molar-refractivity contribution is -0.136. The summed E-state index contributed by atoms with van der Waals surface area (Å²) < 4.78 is 4.73. The van der Waals surface area contributed by atoms with E-state index < -0.39 is 0 Å². The number of likely N-dealkylation sites (tertiary alicyclic amines) is 1. The molecule has 0 bridgehead atoms. The van der Waals surface area contributed by atoms with Crippen LogP contribution in [0.3, 0.4) is 0 Å². The van der Waals surface area contributed by atoms with Gasteiger partial charge in [0.1, 0.15) is 0 Å². The van der Waals surface area contributed by atoms with Crippen molar-refractivity contribution in [2.24, 2.45) is 5.92 Å². The molecule has 0 aromatic carbocycles. The summed E-state index contributed by atoms with van der Waals surface area (Å²) in [4.78, 5) is 13.9. The van der Waals surface area contributed by atoms with Crippen LogP contribution in [0, 0.1) is 5.92 Å². The van der Waals surface area contributed by atoms with Crippen LogP contribution in [0.25, 0.3) is 0 Å². The molecule has 0 spiro atoms. The fraction of sp³-hybridized carbons (Fsp3) is 0.800. The number of hydrogen-bond donors (Lipinski definition) is 1. The highest BCUT2D eigenvalue weighted by atomic mass is 16.5. The van der Waals surface area contributed by atoms with E-state index in [1.54, 1.807) is 0 Å². The van der Waals surface area contributed by atoms with Crippen LogP contribution in [0.1, 0.15) is 33.1 Å². The number of carbonyl (C=O) groups is 1. The van der Waals surface area contributed by atoms with Crippen molar-refractivity contribution in [3.63, 3.8) is 0 Å². The van der Waals surface area contributed by atoms with Crippen molar-refractivity contribution in [3.05, 3.63) is 11.6 Å². The molecule has 19 heavy (non-hydrogen) atoms. The molecule has 4 nitrogen and oxygen atoms in total. The minimum Gasteiger partial charge on any atom is -0.466 e. The fourth-order valence-electron chi connectivity index (χ4n) is 2.49. The lowest BCUT2D eigenvalue weighted by Crippen LogP contribution is -2.37. The number of carbonyl (C=O) groups excluding carboxylic acids is 1. The summed E-state index contributed by atoms with van der Waals surface area (Å²) in [5, 5.41) is 3.43. The molecule has 1 rings (SSSR count). The Morgan fingerprint density at radius 1 is 1.37 bits per heavy atom. The molecule has 0 aromatic rings. The van der Waals surface area contributed by atoms with Gasteiger partial charge >= 0.3 is 5.97 Å². The molecule has 1 aliphatic rings. The Balaban J connectivity index is 2.20. The highest BCUT2D eigenvalue weighted by molar-refractivity contribution is 5.88. The predicted octanol–water partition coefficient (Wildman–Crippen LogP) is 1.82. The maximum absolute atomic E-state index is 11.4. The van der Waals surface area contributed by atoms with E-state index in [2.05, 4.69) is 17.1 Å². The van der Waals surface area contributed by atoms with Gasteiger partial charge in [-0.3, -0.25) is 0 Å². The molecular weight excluding hydrogens is 240 g/mol. The molecule has 0 saturated carbocycles. The van der Waals surface area contributed by atoms with Crippen LogP contribution >= 0.6 is 0 Å². The second kappa shape index (κ2) is 9.10. The average Bonchev–Trinajstić information content (AvgIpc) is 2.47. The molecule has 1 saturated heterocycles. The summed E-state index contributed by atoms with van der Waals surface area (Å²) in [5.74, 6) is 0.569. The van der Waals surface area contributed by atoms with Crippen molar-refractivity contribution >= 4 is 5.97 Å². The van der Waals surface area contributed by atoms with Crippen LogP contribution in [-0.2, 0) is 9.53 Å². The molecular formula is C15H28N2O2. The molecule has 1 aliphatic heterocycles. The Kier molecular flexibility index (Phi) is 7.75. The van der Waals surface area contributed by atoms with Crippen molar-refractivity contribution in [2.45, 2.75) is 33.1 Å². The van der Waals surface area contributed by atoms with Crippen molar-refractivity contribution in [2.75, 3.05) is 39.8 Å². The summed E-state index contributed by atoms with van der Waals surface area (Å²) in [6.45, 7) is 9.62. The van der Waals surface area contributed by atoms with Gasteiger partial charge in [0, 0.05) is 12.1 Å². The first-order valence-corrected chi connectivity index (χ1v) is 7.41. The van der Waals surface area contributed by atoms with Crippen LogP contribution in [0.4, 0.5) is 0 Å². The number of ether oxygens (including phenoxy) is 1. The molecule has 0 radical (unpaired) electrons. The Hall–Kier alpha value is -0.870. The number of piperidine rings is 1. The Morgan fingerprint density at radius 2 is 2.05 bits per heavy atom. The molecule has 1 N–H and O–H groups in total. The topological polar surface area (TPSA) is 41.6 Å². The maximum Gasteiger partial charge on any atom is 0.333 e. The average molecular weight is 268 g/mol. The van der Waals surface area contributed by atoms with Crippen LogP contribution in [-0.4, -0.2) is 50.7 Å². The third kappa shape index (κ3) is 5.74. The van der Waals surface area contributed by atoms with Gasteiger partial charge in [0.2, 0.25) is 0 Å². The lowest BCUT2D eigenvalue weighted by Gasteiger charge is -2.31. The quantitative estimate of drug-likeness (QED) is 0.434. The highest BCUT2D eigenvalue weighted by Gasteiger charge is 2.17. The minimum atomic E-state index is -0.208. The Bertz CT molecular complexity index is 295. The van der Waals surface area contributed by atoms with Gasteiger partial charge in [-0.05, 0) is 51.4 Å². The van der Waals surface area contributed by atoms with Gasteiger partial charge in [-0.1, -0.05) is 19.9 Å². The van der Waals surface area contributed by atoms with Gasteiger partial charge in [-0.2, -0.15) is 0 Å².